The molecule has 0 atom stereocenters. The minimum absolute atomic E-state index is 0.821. The molecule has 0 aliphatic heterocycles. The lowest BCUT2D eigenvalue weighted by molar-refractivity contribution is 0.978. The highest BCUT2D eigenvalue weighted by Gasteiger charge is 2.27. The molecule has 9 aromatic carbocycles. The maximum atomic E-state index is 5.26. The predicted octanol–water partition coefficient (Wildman–Crippen LogP) is 13.8. The van der Waals surface area contributed by atoms with Crippen molar-refractivity contribution in [3.05, 3.63) is 188 Å². The summed E-state index contributed by atoms with van der Waals surface area (Å²) in [6, 6.07) is 68.1. The van der Waals surface area contributed by atoms with E-state index in [2.05, 4.69) is 202 Å². The molecule has 0 spiro atoms. The molecule has 59 heavy (non-hydrogen) atoms. The molecule has 0 unspecified atom stereocenters. The maximum Gasteiger partial charge on any atom is 0.168 e. The van der Waals surface area contributed by atoms with E-state index in [1.165, 1.54) is 75.9 Å². The van der Waals surface area contributed by atoms with Crippen molar-refractivity contribution in [3.63, 3.8) is 0 Å². The van der Waals surface area contributed by atoms with Crippen molar-refractivity contribution in [1.29, 1.82) is 0 Å². The van der Waals surface area contributed by atoms with Gasteiger partial charge in [-0.15, -0.1) is 10.2 Å². The zero-order valence-electron chi connectivity index (χ0n) is 31.6. The van der Waals surface area contributed by atoms with Crippen LogP contribution in [0.4, 0.5) is 0 Å². The minimum atomic E-state index is 0.821. The average molecular weight is 750 g/mol. The first kappa shape index (κ1) is 31.1. The van der Waals surface area contributed by atoms with Crippen LogP contribution in [0.25, 0.3) is 126 Å². The number of nitrogens with zero attached hydrogens (tertiary/aromatic N) is 5. The second-order valence-corrected chi connectivity index (χ2v) is 15.8. The van der Waals surface area contributed by atoms with Crippen LogP contribution >= 0.6 is 0 Å². The molecule has 272 valence electrons. The fourth-order valence-corrected chi connectivity index (χ4v) is 10.4. The Morgan fingerprint density at radius 2 is 0.915 bits per heavy atom. The molecule has 0 aliphatic rings. The monoisotopic (exact) mass is 749 g/mol. The van der Waals surface area contributed by atoms with E-state index in [0.717, 1.165) is 50.1 Å². The second-order valence-electron chi connectivity index (χ2n) is 15.8. The first-order valence-electron chi connectivity index (χ1n) is 20.2. The summed E-state index contributed by atoms with van der Waals surface area (Å²) in [5.41, 5.74) is 11.3. The van der Waals surface area contributed by atoms with Gasteiger partial charge in [0.2, 0.25) is 0 Å². The fraction of sp³-hybridized carbons (Fsp3) is 0. The van der Waals surface area contributed by atoms with E-state index < -0.39 is 0 Å². The first-order valence-corrected chi connectivity index (χ1v) is 20.2. The van der Waals surface area contributed by atoms with Gasteiger partial charge in [0.15, 0.2) is 5.82 Å². The largest absolute Gasteiger partial charge is 0.309 e. The summed E-state index contributed by atoms with van der Waals surface area (Å²) < 4.78 is 7.25. The highest BCUT2D eigenvalue weighted by atomic mass is 15.2. The molecule has 14 rings (SSSR count). The van der Waals surface area contributed by atoms with Gasteiger partial charge in [-0.2, -0.15) is 0 Å². The lowest BCUT2D eigenvalue weighted by Crippen LogP contribution is -2.03. The number of fused-ring (bicyclic) bond motifs is 16. The molecule has 0 bridgehead atoms. The first-order chi connectivity index (χ1) is 29.3. The van der Waals surface area contributed by atoms with Gasteiger partial charge < -0.3 is 8.97 Å². The van der Waals surface area contributed by atoms with Crippen molar-refractivity contribution in [3.8, 4) is 22.8 Å². The van der Waals surface area contributed by atoms with Crippen molar-refractivity contribution in [1.82, 2.24) is 23.7 Å². The fourth-order valence-electron chi connectivity index (χ4n) is 10.4. The van der Waals surface area contributed by atoms with E-state index in [-0.39, 0.29) is 0 Å². The van der Waals surface area contributed by atoms with Crippen LogP contribution in [0, 0.1) is 0 Å². The van der Waals surface area contributed by atoms with Crippen molar-refractivity contribution in [2.45, 2.75) is 0 Å². The third-order valence-corrected chi connectivity index (χ3v) is 12.8. The van der Waals surface area contributed by atoms with Crippen LogP contribution < -0.4 is 0 Å². The van der Waals surface area contributed by atoms with Crippen LogP contribution in [0.1, 0.15) is 0 Å². The number of hydrogen-bond donors (Lipinski definition) is 0. The molecular formula is C54H31N5. The predicted molar refractivity (Wildman–Crippen MR) is 246 cm³/mol. The lowest BCUT2D eigenvalue weighted by atomic mass is 9.99. The Kier molecular flexibility index (Phi) is 5.96. The number of benzene rings is 9. The third-order valence-electron chi connectivity index (χ3n) is 12.8. The van der Waals surface area contributed by atoms with Crippen molar-refractivity contribution < 1.29 is 0 Å². The van der Waals surface area contributed by atoms with Gasteiger partial charge in [0.05, 0.1) is 38.6 Å². The van der Waals surface area contributed by atoms with Crippen molar-refractivity contribution in [2.24, 2.45) is 0 Å². The van der Waals surface area contributed by atoms with Crippen molar-refractivity contribution in [2.75, 3.05) is 0 Å². The van der Waals surface area contributed by atoms with Gasteiger partial charge in [-0.1, -0.05) is 140 Å². The van der Waals surface area contributed by atoms with E-state index in [1.807, 2.05) is 0 Å². The summed E-state index contributed by atoms with van der Waals surface area (Å²) in [6.45, 7) is 0. The number of para-hydroxylation sites is 4. The Morgan fingerprint density at radius 1 is 0.322 bits per heavy atom. The quantitative estimate of drug-likeness (QED) is 0.180. The van der Waals surface area contributed by atoms with Crippen LogP contribution in [0.15, 0.2) is 188 Å². The number of rotatable bonds is 3. The zero-order valence-corrected chi connectivity index (χ0v) is 31.6. The Morgan fingerprint density at radius 3 is 1.71 bits per heavy atom. The van der Waals surface area contributed by atoms with Gasteiger partial charge in [0.1, 0.15) is 5.69 Å². The van der Waals surface area contributed by atoms with E-state index in [1.54, 1.807) is 0 Å². The molecule has 0 fully saturated rings. The van der Waals surface area contributed by atoms with Crippen LogP contribution in [0.3, 0.4) is 0 Å². The van der Waals surface area contributed by atoms with Crippen LogP contribution in [-0.2, 0) is 0 Å². The standard InChI is InChI=1S/C54H31N5/c1-2-15-34(16-3-1)57-44-23-11-8-18-36(44)39-28-26-33(30-48(39)57)51-40-21-6-7-22-41(40)54(56-55-51)59-46-25-13-10-20-38(46)43-31-42-37-19-9-12-24-45(37)58-47-29-27-32-14-4-5-17-35(32)49(47)50(52(42)58)53(43)59/h1-31H. The van der Waals surface area contributed by atoms with Crippen molar-refractivity contribution >= 4 is 103 Å². The molecule has 0 aliphatic carbocycles. The number of aromatic nitrogens is 5. The number of hydrogen-bond acceptors (Lipinski definition) is 2. The molecule has 0 radical (unpaired) electrons. The van der Waals surface area contributed by atoms with E-state index in [9.17, 15) is 0 Å². The van der Waals surface area contributed by atoms with Crippen LogP contribution in [0.5, 0.6) is 0 Å². The van der Waals surface area contributed by atoms with Crippen LogP contribution in [0.2, 0.25) is 0 Å². The Bertz CT molecular complexity index is 4070. The molecular weight excluding hydrogens is 719 g/mol. The maximum absolute atomic E-state index is 5.26. The SMILES string of the molecule is c1ccc(-n2c3ccccc3c3ccc(-c4nnc(-n5c6ccccc6c6cc7c8ccccc8n8c9ccc%10ccccc%10c9c(c65)c78)c5ccccc45)cc32)cc1. The Balaban J connectivity index is 1.11. The van der Waals surface area contributed by atoms with Gasteiger partial charge in [0.25, 0.3) is 0 Å². The molecule has 0 saturated carbocycles. The van der Waals surface area contributed by atoms with E-state index >= 15 is 0 Å². The summed E-state index contributed by atoms with van der Waals surface area (Å²) in [4.78, 5) is 0. The Hall–Kier alpha value is -8.02. The van der Waals surface area contributed by atoms with Gasteiger partial charge in [-0.05, 0) is 59.3 Å². The Labute approximate surface area is 336 Å². The molecule has 14 aromatic rings. The molecule has 5 aromatic heterocycles. The summed E-state index contributed by atoms with van der Waals surface area (Å²) in [7, 11) is 0. The molecule has 5 heteroatoms. The van der Waals surface area contributed by atoms with Gasteiger partial charge in [-0.3, -0.25) is 4.57 Å². The molecule has 5 nitrogen and oxygen atoms in total. The van der Waals surface area contributed by atoms with Gasteiger partial charge in [-0.25, -0.2) is 0 Å². The molecule has 0 saturated heterocycles. The molecule has 0 N–H and O–H groups in total. The highest BCUT2D eigenvalue weighted by molar-refractivity contribution is 6.37. The van der Waals surface area contributed by atoms with E-state index in [4.69, 9.17) is 10.2 Å². The summed E-state index contributed by atoms with van der Waals surface area (Å²) >= 11 is 0. The summed E-state index contributed by atoms with van der Waals surface area (Å²) in [6.07, 6.45) is 0. The summed E-state index contributed by atoms with van der Waals surface area (Å²) in [5, 5.41) is 24.9. The van der Waals surface area contributed by atoms with Gasteiger partial charge in [0, 0.05) is 65.1 Å². The second kappa shape index (κ2) is 11.3. The lowest BCUT2D eigenvalue weighted by Gasteiger charge is -2.14. The third kappa shape index (κ3) is 3.98. The molecule has 5 heterocycles. The van der Waals surface area contributed by atoms with Gasteiger partial charge >= 0.3 is 0 Å². The summed E-state index contributed by atoms with van der Waals surface area (Å²) in [5.74, 6) is 0.821. The molecule has 0 amide bonds. The normalized spacial score (nSPS) is 12.4. The van der Waals surface area contributed by atoms with E-state index in [0.29, 0.717) is 0 Å². The topological polar surface area (TPSA) is 40.0 Å². The minimum Gasteiger partial charge on any atom is -0.309 e. The average Bonchev–Trinajstić information content (AvgIpc) is 4.03. The van der Waals surface area contributed by atoms with Crippen LogP contribution in [-0.4, -0.2) is 23.7 Å². The zero-order chi connectivity index (χ0) is 38.3. The smallest absolute Gasteiger partial charge is 0.168 e. The highest BCUT2D eigenvalue weighted by Crippen LogP contribution is 2.48.